The molecule has 2 rings (SSSR count). The van der Waals surface area contributed by atoms with Crippen molar-refractivity contribution in [3.8, 4) is 5.69 Å². The fourth-order valence-corrected chi connectivity index (χ4v) is 1.33. The van der Waals surface area contributed by atoms with Gasteiger partial charge in [0.25, 0.3) is 12.1 Å². The van der Waals surface area contributed by atoms with Crippen LogP contribution < -0.4 is 10.4 Å². The number of rotatable bonds is 1. The third-order valence-electron chi connectivity index (χ3n) is 1.57. The van der Waals surface area contributed by atoms with Crippen LogP contribution in [0, 0.1) is 3.57 Å². The summed E-state index contributed by atoms with van der Waals surface area (Å²) >= 11 is 2.24. The van der Waals surface area contributed by atoms with E-state index in [9.17, 15) is 0 Å². The Morgan fingerprint density at radius 1 is 1.31 bits per heavy atom. The zero-order valence-electron chi connectivity index (χ0n) is 6.64. The first kappa shape index (κ1) is 8.49. The van der Waals surface area contributed by atoms with Crippen LogP contribution in [0.3, 0.4) is 0 Å². The van der Waals surface area contributed by atoms with Gasteiger partial charge in [0.05, 0.1) is 0 Å². The minimum Gasteiger partial charge on any atom is -0.362 e. The first-order valence-electron chi connectivity index (χ1n) is 3.66. The Balaban J connectivity index is 2.41. The maximum Gasteiger partial charge on any atom is 0.293 e. The highest BCUT2D eigenvalue weighted by molar-refractivity contribution is 14.1. The van der Waals surface area contributed by atoms with Crippen molar-refractivity contribution in [2.75, 3.05) is 5.73 Å². The number of nitrogens with zero attached hydrogens (tertiary/aromatic N) is 2. The highest BCUT2D eigenvalue weighted by atomic mass is 127. The number of benzene rings is 1. The lowest BCUT2D eigenvalue weighted by Crippen LogP contribution is -2.31. The molecule has 0 saturated heterocycles. The van der Waals surface area contributed by atoms with Crippen LogP contribution in [0.25, 0.3) is 5.69 Å². The summed E-state index contributed by atoms with van der Waals surface area (Å²) in [6, 6.07) is 7.88. The van der Waals surface area contributed by atoms with Gasteiger partial charge in [-0.05, 0) is 39.4 Å². The standard InChI is InChI=1S/C8H7IN3O/c9-6-1-3-7(4-2-6)12-5-8(10)13-11-12/h1-5H,10H2/q+1. The van der Waals surface area contributed by atoms with Crippen molar-refractivity contribution >= 4 is 28.5 Å². The molecule has 0 atom stereocenters. The maximum absolute atomic E-state index is 5.39. The van der Waals surface area contributed by atoms with Crippen LogP contribution in [0.1, 0.15) is 0 Å². The molecule has 1 heterocycles. The van der Waals surface area contributed by atoms with E-state index in [-0.39, 0.29) is 0 Å². The van der Waals surface area contributed by atoms with E-state index < -0.39 is 0 Å². The Hall–Kier alpha value is -1.11. The number of halogens is 1. The summed E-state index contributed by atoms with van der Waals surface area (Å²) in [5.74, 6) is 0.304. The lowest BCUT2D eigenvalue weighted by molar-refractivity contribution is -0.670. The van der Waals surface area contributed by atoms with Gasteiger partial charge in [0.15, 0.2) is 0 Å². The van der Waals surface area contributed by atoms with Crippen LogP contribution in [0.2, 0.25) is 0 Å². The molecule has 5 heteroatoms. The molecular formula is C8H7IN3O+. The van der Waals surface area contributed by atoms with Crippen LogP contribution in [-0.2, 0) is 0 Å². The fourth-order valence-electron chi connectivity index (χ4n) is 0.974. The van der Waals surface area contributed by atoms with E-state index in [1.807, 2.05) is 24.3 Å². The van der Waals surface area contributed by atoms with Gasteiger partial charge in [-0.15, -0.1) is 0 Å². The number of nitrogens with two attached hydrogens (primary N) is 1. The molecule has 0 fully saturated rings. The van der Waals surface area contributed by atoms with Crippen LogP contribution >= 0.6 is 22.6 Å². The largest absolute Gasteiger partial charge is 0.362 e. The van der Waals surface area contributed by atoms with Gasteiger partial charge < -0.3 is 5.73 Å². The van der Waals surface area contributed by atoms with Crippen LogP contribution in [0.15, 0.2) is 35.0 Å². The lowest BCUT2D eigenvalue weighted by atomic mass is 10.3. The third kappa shape index (κ3) is 1.80. The Morgan fingerprint density at radius 3 is 2.54 bits per heavy atom. The Labute approximate surface area is 88.5 Å². The second-order valence-corrected chi connectivity index (χ2v) is 3.77. The number of hydrogen-bond donors (Lipinski definition) is 1. The van der Waals surface area contributed by atoms with E-state index in [1.54, 1.807) is 10.9 Å². The molecule has 0 amide bonds. The first-order valence-corrected chi connectivity index (χ1v) is 4.73. The molecule has 2 aromatic rings. The molecule has 1 aromatic carbocycles. The van der Waals surface area contributed by atoms with Gasteiger partial charge in [-0.25, -0.2) is 0 Å². The van der Waals surface area contributed by atoms with Crippen molar-refractivity contribution < 1.29 is 9.20 Å². The number of aromatic nitrogens is 2. The number of hydrogen-bond acceptors (Lipinski definition) is 3. The van der Waals surface area contributed by atoms with Gasteiger partial charge in [0.2, 0.25) is 11.0 Å². The summed E-state index contributed by atoms with van der Waals surface area (Å²) in [7, 11) is 0. The summed E-state index contributed by atoms with van der Waals surface area (Å²) in [5.41, 5.74) is 6.33. The molecule has 13 heavy (non-hydrogen) atoms. The van der Waals surface area contributed by atoms with E-state index >= 15 is 0 Å². The summed E-state index contributed by atoms with van der Waals surface area (Å²) < 4.78 is 7.51. The minimum atomic E-state index is 0.304. The van der Waals surface area contributed by atoms with Crippen molar-refractivity contribution in [3.63, 3.8) is 0 Å². The highest BCUT2D eigenvalue weighted by Gasteiger charge is 2.11. The van der Waals surface area contributed by atoms with Crippen molar-refractivity contribution in [2.45, 2.75) is 0 Å². The second kappa shape index (κ2) is 3.33. The molecular weight excluding hydrogens is 281 g/mol. The normalized spacial score (nSPS) is 10.2. The van der Waals surface area contributed by atoms with Crippen LogP contribution in [-0.4, -0.2) is 5.27 Å². The Bertz CT molecular complexity index is 410. The van der Waals surface area contributed by atoms with Crippen molar-refractivity contribution in [1.29, 1.82) is 0 Å². The van der Waals surface area contributed by atoms with Crippen LogP contribution in [0.5, 0.6) is 0 Å². The summed E-state index contributed by atoms with van der Waals surface area (Å²) in [6.07, 6.45) is 1.63. The van der Waals surface area contributed by atoms with Crippen molar-refractivity contribution in [1.82, 2.24) is 5.27 Å². The van der Waals surface area contributed by atoms with E-state index in [0.29, 0.717) is 5.88 Å². The molecule has 0 aliphatic heterocycles. The third-order valence-corrected chi connectivity index (χ3v) is 2.29. The smallest absolute Gasteiger partial charge is 0.293 e. The monoisotopic (exact) mass is 288 g/mol. The average Bonchev–Trinajstić information content (AvgIpc) is 2.53. The molecule has 1 aromatic heterocycles. The van der Waals surface area contributed by atoms with Gasteiger partial charge >= 0.3 is 0 Å². The quantitative estimate of drug-likeness (QED) is 0.632. The van der Waals surface area contributed by atoms with E-state index in [2.05, 4.69) is 27.9 Å². The van der Waals surface area contributed by atoms with Gasteiger partial charge in [0, 0.05) is 15.7 Å². The van der Waals surface area contributed by atoms with Crippen molar-refractivity contribution in [3.05, 3.63) is 34.0 Å². The molecule has 0 spiro atoms. The molecule has 0 aliphatic rings. The van der Waals surface area contributed by atoms with Crippen LogP contribution in [0.4, 0.5) is 5.88 Å². The average molecular weight is 288 g/mol. The van der Waals surface area contributed by atoms with Gasteiger partial charge in [0.1, 0.15) is 0 Å². The first-order chi connectivity index (χ1) is 6.25. The zero-order chi connectivity index (χ0) is 9.26. The lowest BCUT2D eigenvalue weighted by Gasteiger charge is -1.87. The van der Waals surface area contributed by atoms with Gasteiger partial charge in [-0.1, -0.05) is 0 Å². The topological polar surface area (TPSA) is 55.9 Å². The van der Waals surface area contributed by atoms with E-state index in [1.165, 1.54) is 3.57 Å². The SMILES string of the molecule is Nc1c[n+](-c2ccc(I)cc2)no1. The highest BCUT2D eigenvalue weighted by Crippen LogP contribution is 2.06. The number of anilines is 1. The molecule has 0 bridgehead atoms. The Morgan fingerprint density at radius 2 is 2.00 bits per heavy atom. The Kier molecular flexibility index (Phi) is 2.17. The fraction of sp³-hybridized carbons (Fsp3) is 0. The summed E-state index contributed by atoms with van der Waals surface area (Å²) in [5, 5.41) is 3.73. The molecule has 2 N–H and O–H groups in total. The molecule has 66 valence electrons. The minimum absolute atomic E-state index is 0.304. The second-order valence-electron chi connectivity index (χ2n) is 2.53. The molecule has 0 aliphatic carbocycles. The number of nitrogen functional groups attached to an aromatic ring is 1. The predicted octanol–water partition coefficient (Wildman–Crippen LogP) is 1.14. The van der Waals surface area contributed by atoms with Crippen molar-refractivity contribution in [2.24, 2.45) is 0 Å². The van der Waals surface area contributed by atoms with E-state index in [4.69, 9.17) is 10.3 Å². The molecule has 0 unspecified atom stereocenters. The van der Waals surface area contributed by atoms with Gasteiger partial charge in [-0.3, -0.25) is 4.52 Å². The summed E-state index contributed by atoms with van der Waals surface area (Å²) in [4.78, 5) is 0. The molecule has 4 nitrogen and oxygen atoms in total. The zero-order valence-corrected chi connectivity index (χ0v) is 8.80. The summed E-state index contributed by atoms with van der Waals surface area (Å²) in [6.45, 7) is 0. The van der Waals surface area contributed by atoms with E-state index in [0.717, 1.165) is 5.69 Å². The molecule has 0 saturated carbocycles. The predicted molar refractivity (Wildman–Crippen MR) is 55.2 cm³/mol. The van der Waals surface area contributed by atoms with Gasteiger partial charge in [-0.2, -0.15) is 0 Å². The molecule has 0 radical (unpaired) electrons. The maximum atomic E-state index is 5.39.